The number of phenols is 1. The minimum absolute atomic E-state index is 0.153. The van der Waals surface area contributed by atoms with Crippen LogP contribution in [0.3, 0.4) is 0 Å². The summed E-state index contributed by atoms with van der Waals surface area (Å²) < 4.78 is 0. The van der Waals surface area contributed by atoms with Crippen LogP contribution in [0.25, 0.3) is 0 Å². The van der Waals surface area contributed by atoms with Crippen LogP contribution < -0.4 is 16.0 Å². The fraction of sp³-hybridized carbons (Fsp3) is 0.619. The highest BCUT2D eigenvalue weighted by Crippen LogP contribution is 2.32. The highest BCUT2D eigenvalue weighted by molar-refractivity contribution is 5.94. The van der Waals surface area contributed by atoms with E-state index in [1.54, 1.807) is 12.1 Å². The van der Waals surface area contributed by atoms with E-state index in [4.69, 9.17) is 0 Å². The second-order valence-corrected chi connectivity index (χ2v) is 7.78. The Hall–Kier alpha value is -2.28. The second-order valence-electron chi connectivity index (χ2n) is 7.78. The summed E-state index contributed by atoms with van der Waals surface area (Å²) in [6.45, 7) is 3.85. The van der Waals surface area contributed by atoms with Crippen LogP contribution in [-0.4, -0.2) is 66.7 Å². The van der Waals surface area contributed by atoms with Crippen LogP contribution in [0.1, 0.15) is 49.4 Å². The average molecular weight is 388 g/mol. The van der Waals surface area contributed by atoms with Gasteiger partial charge in [0.05, 0.1) is 6.54 Å². The number of carbonyl (C=O) groups is 1. The van der Waals surface area contributed by atoms with E-state index in [9.17, 15) is 9.90 Å². The zero-order valence-electron chi connectivity index (χ0n) is 16.9. The van der Waals surface area contributed by atoms with Gasteiger partial charge >= 0.3 is 0 Å². The number of hydrogen-bond donors (Lipinski definition) is 4. The van der Waals surface area contributed by atoms with Crippen LogP contribution in [-0.2, 0) is 0 Å². The van der Waals surface area contributed by atoms with Crippen LogP contribution in [0.2, 0.25) is 0 Å². The molecule has 7 nitrogen and oxygen atoms in total. The smallest absolute Gasteiger partial charge is 0.251 e. The van der Waals surface area contributed by atoms with Gasteiger partial charge in [0.25, 0.3) is 5.91 Å². The van der Waals surface area contributed by atoms with Gasteiger partial charge in [-0.2, -0.15) is 0 Å². The molecule has 0 spiro atoms. The minimum Gasteiger partial charge on any atom is -0.508 e. The average Bonchev–Trinajstić information content (AvgIpc) is 2.66. The molecule has 1 amide bonds. The number of rotatable bonds is 6. The summed E-state index contributed by atoms with van der Waals surface area (Å²) in [6.07, 6.45) is 6.26. The summed E-state index contributed by atoms with van der Waals surface area (Å²) in [5.41, 5.74) is 0.532. The van der Waals surface area contributed by atoms with E-state index in [-0.39, 0.29) is 11.7 Å². The molecule has 2 bridgehead atoms. The van der Waals surface area contributed by atoms with Gasteiger partial charge in [-0.05, 0) is 63.9 Å². The summed E-state index contributed by atoms with van der Waals surface area (Å²) in [6, 6.07) is 8.05. The Kier molecular flexibility index (Phi) is 7.14. The number of aromatic hydroxyl groups is 1. The summed E-state index contributed by atoms with van der Waals surface area (Å²) in [5.74, 6) is 0.825. The third-order valence-corrected chi connectivity index (χ3v) is 5.82. The van der Waals surface area contributed by atoms with Gasteiger partial charge in [0.1, 0.15) is 5.75 Å². The molecule has 2 atom stereocenters. The van der Waals surface area contributed by atoms with E-state index >= 15 is 0 Å². The van der Waals surface area contributed by atoms with Crippen molar-refractivity contribution in [3.8, 4) is 5.75 Å². The molecule has 4 N–H and O–H groups in total. The van der Waals surface area contributed by atoms with Gasteiger partial charge in [-0.3, -0.25) is 9.79 Å². The minimum atomic E-state index is -0.156. The number of guanidine groups is 1. The van der Waals surface area contributed by atoms with Gasteiger partial charge < -0.3 is 26.0 Å². The third kappa shape index (κ3) is 5.38. The first kappa shape index (κ1) is 20.5. The van der Waals surface area contributed by atoms with Gasteiger partial charge in [0.15, 0.2) is 5.96 Å². The molecule has 0 radical (unpaired) electrons. The molecule has 2 aliphatic rings. The number of carbonyl (C=O) groups excluding carboxylic acids is 1. The van der Waals surface area contributed by atoms with Gasteiger partial charge in [0.2, 0.25) is 0 Å². The number of phenolic OH excluding ortho intramolecular Hbond substituents is 1. The first-order valence-electron chi connectivity index (χ1n) is 10.4. The van der Waals surface area contributed by atoms with Crippen molar-refractivity contribution in [3.63, 3.8) is 0 Å². The lowest BCUT2D eigenvalue weighted by Gasteiger charge is -2.47. The second kappa shape index (κ2) is 9.78. The number of nitrogens with one attached hydrogen (secondary N) is 3. The van der Waals surface area contributed by atoms with Crippen LogP contribution in [0.15, 0.2) is 29.3 Å². The van der Waals surface area contributed by atoms with Gasteiger partial charge in [-0.1, -0.05) is 6.42 Å². The normalized spacial score (nSPS) is 25.2. The van der Waals surface area contributed by atoms with Crippen molar-refractivity contribution in [2.45, 2.75) is 57.2 Å². The monoisotopic (exact) mass is 387 g/mol. The lowest BCUT2D eigenvalue weighted by molar-refractivity contribution is 0.0526. The lowest BCUT2D eigenvalue weighted by Crippen LogP contribution is -2.56. The number of aliphatic imine (C=N–C) groups is 1. The Morgan fingerprint density at radius 1 is 1.18 bits per heavy atom. The van der Waals surface area contributed by atoms with Crippen molar-refractivity contribution in [2.75, 3.05) is 26.7 Å². The predicted molar refractivity (Wildman–Crippen MR) is 112 cm³/mol. The highest BCUT2D eigenvalue weighted by Gasteiger charge is 2.36. The number of hydrogen-bond acceptors (Lipinski definition) is 4. The molecule has 2 heterocycles. The molecule has 0 aliphatic carbocycles. The molecule has 1 aromatic carbocycles. The Morgan fingerprint density at radius 2 is 1.86 bits per heavy atom. The van der Waals surface area contributed by atoms with E-state index in [0.717, 1.165) is 25.3 Å². The molecule has 2 aliphatic heterocycles. The van der Waals surface area contributed by atoms with E-state index in [1.807, 2.05) is 0 Å². The van der Waals surface area contributed by atoms with Gasteiger partial charge in [-0.25, -0.2) is 0 Å². The van der Waals surface area contributed by atoms with Gasteiger partial charge in [-0.15, -0.1) is 0 Å². The fourth-order valence-electron chi connectivity index (χ4n) is 4.30. The van der Waals surface area contributed by atoms with Crippen molar-refractivity contribution in [1.29, 1.82) is 0 Å². The Bertz CT molecular complexity index is 662. The standard InChI is InChI=1S/C21H33N5O2/c1-3-22-21(25-16-13-17-5-4-6-18(14-16)26(17)2)24-12-11-23-20(28)15-7-9-19(27)10-8-15/h7-10,16-18,27H,3-6,11-14H2,1-2H3,(H,23,28)(H2,22,24,25). The van der Waals surface area contributed by atoms with E-state index in [1.165, 1.54) is 31.4 Å². The number of amides is 1. The SMILES string of the molecule is CCNC(=NCCNC(=O)c1ccc(O)cc1)NC1CC2CCCC(C1)N2C. The number of piperidine rings is 2. The number of fused-ring (bicyclic) bond motifs is 2. The van der Waals surface area contributed by atoms with Gasteiger partial charge in [0, 0.05) is 36.8 Å². The zero-order valence-corrected chi connectivity index (χ0v) is 16.9. The fourth-order valence-corrected chi connectivity index (χ4v) is 4.30. The van der Waals surface area contributed by atoms with Crippen molar-refractivity contribution in [3.05, 3.63) is 29.8 Å². The first-order chi connectivity index (χ1) is 13.6. The molecular weight excluding hydrogens is 354 g/mol. The largest absolute Gasteiger partial charge is 0.508 e. The highest BCUT2D eigenvalue weighted by atomic mass is 16.3. The molecule has 7 heteroatoms. The third-order valence-electron chi connectivity index (χ3n) is 5.82. The quantitative estimate of drug-likeness (QED) is 0.339. The Balaban J connectivity index is 1.47. The van der Waals surface area contributed by atoms with E-state index in [2.05, 4.69) is 39.8 Å². The number of nitrogens with zero attached hydrogens (tertiary/aromatic N) is 2. The Labute approximate surface area is 167 Å². The topological polar surface area (TPSA) is 89.0 Å². The molecule has 1 aromatic rings. The first-order valence-corrected chi connectivity index (χ1v) is 10.4. The Morgan fingerprint density at radius 3 is 2.50 bits per heavy atom. The molecule has 154 valence electrons. The molecular formula is C21H33N5O2. The van der Waals surface area contributed by atoms with Crippen LogP contribution in [0, 0.1) is 0 Å². The summed E-state index contributed by atoms with van der Waals surface area (Å²) >= 11 is 0. The summed E-state index contributed by atoms with van der Waals surface area (Å²) in [5, 5.41) is 19.1. The maximum atomic E-state index is 12.1. The molecule has 3 rings (SSSR count). The summed E-state index contributed by atoms with van der Waals surface area (Å²) in [7, 11) is 2.26. The van der Waals surface area contributed by atoms with E-state index < -0.39 is 0 Å². The maximum absolute atomic E-state index is 12.1. The molecule has 2 saturated heterocycles. The summed E-state index contributed by atoms with van der Waals surface area (Å²) in [4.78, 5) is 19.3. The number of benzene rings is 1. The van der Waals surface area contributed by atoms with Crippen molar-refractivity contribution in [2.24, 2.45) is 4.99 Å². The van der Waals surface area contributed by atoms with Crippen LogP contribution in [0.4, 0.5) is 0 Å². The predicted octanol–water partition coefficient (Wildman–Crippen LogP) is 1.69. The van der Waals surface area contributed by atoms with E-state index in [0.29, 0.717) is 36.8 Å². The van der Waals surface area contributed by atoms with Crippen LogP contribution in [0.5, 0.6) is 5.75 Å². The lowest BCUT2D eigenvalue weighted by atomic mass is 9.82. The van der Waals surface area contributed by atoms with Crippen molar-refractivity contribution < 1.29 is 9.90 Å². The van der Waals surface area contributed by atoms with Crippen molar-refractivity contribution in [1.82, 2.24) is 20.9 Å². The maximum Gasteiger partial charge on any atom is 0.251 e. The van der Waals surface area contributed by atoms with Crippen LogP contribution >= 0.6 is 0 Å². The molecule has 28 heavy (non-hydrogen) atoms. The molecule has 2 fully saturated rings. The molecule has 2 unspecified atom stereocenters. The zero-order chi connectivity index (χ0) is 19.9. The molecule has 0 aromatic heterocycles. The molecule has 0 saturated carbocycles. The van der Waals surface area contributed by atoms with Crippen molar-refractivity contribution >= 4 is 11.9 Å².